The summed E-state index contributed by atoms with van der Waals surface area (Å²) in [5.74, 6) is 1.20. The zero-order valence-corrected chi connectivity index (χ0v) is 16.6. The molecule has 0 atom stereocenters. The van der Waals surface area contributed by atoms with Gasteiger partial charge in [-0.25, -0.2) is 12.8 Å². The molecular weight excluding hydrogens is 397 g/mol. The molecule has 0 bridgehead atoms. The van der Waals surface area contributed by atoms with E-state index in [4.69, 9.17) is 9.26 Å². The lowest BCUT2D eigenvalue weighted by Crippen LogP contribution is -2.37. The van der Waals surface area contributed by atoms with Gasteiger partial charge in [0, 0.05) is 24.6 Å². The van der Waals surface area contributed by atoms with Crippen molar-refractivity contribution in [1.29, 1.82) is 0 Å². The molecule has 152 valence electrons. The van der Waals surface area contributed by atoms with E-state index >= 15 is 0 Å². The van der Waals surface area contributed by atoms with Crippen molar-refractivity contribution in [2.45, 2.75) is 23.7 Å². The smallest absolute Gasteiger partial charge is 0.243 e. The molecule has 1 aliphatic heterocycles. The van der Waals surface area contributed by atoms with Crippen LogP contribution >= 0.6 is 0 Å². The largest absolute Gasteiger partial charge is 0.497 e. The third-order valence-corrected chi connectivity index (χ3v) is 6.94. The first-order valence-corrected chi connectivity index (χ1v) is 10.6. The van der Waals surface area contributed by atoms with Crippen molar-refractivity contribution in [3.05, 3.63) is 60.2 Å². The van der Waals surface area contributed by atoms with Crippen LogP contribution in [0.1, 0.15) is 24.7 Å². The van der Waals surface area contributed by atoms with E-state index in [0.29, 0.717) is 43.4 Å². The van der Waals surface area contributed by atoms with E-state index < -0.39 is 15.8 Å². The Morgan fingerprint density at radius 1 is 1.14 bits per heavy atom. The Balaban J connectivity index is 1.45. The summed E-state index contributed by atoms with van der Waals surface area (Å²) in [6.45, 7) is 0.669. The van der Waals surface area contributed by atoms with E-state index in [-0.39, 0.29) is 10.8 Å². The average molecular weight is 417 g/mol. The van der Waals surface area contributed by atoms with E-state index in [0.717, 1.165) is 17.7 Å². The van der Waals surface area contributed by atoms with Crippen molar-refractivity contribution in [2.75, 3.05) is 20.2 Å². The molecule has 1 aromatic heterocycles. The third-order valence-electron chi connectivity index (χ3n) is 5.02. The highest BCUT2D eigenvalue weighted by molar-refractivity contribution is 7.89. The highest BCUT2D eigenvalue weighted by Crippen LogP contribution is 2.31. The van der Waals surface area contributed by atoms with Crippen LogP contribution in [0.4, 0.5) is 4.39 Å². The van der Waals surface area contributed by atoms with Crippen LogP contribution in [0, 0.1) is 5.82 Å². The van der Waals surface area contributed by atoms with Crippen molar-refractivity contribution in [1.82, 2.24) is 14.4 Å². The fraction of sp³-hybridized carbons (Fsp3) is 0.300. The summed E-state index contributed by atoms with van der Waals surface area (Å²) in [7, 11) is -2.05. The Hall–Kier alpha value is -2.78. The minimum absolute atomic E-state index is 0.0125. The number of piperidine rings is 1. The van der Waals surface area contributed by atoms with Gasteiger partial charge in [-0.15, -0.1) is 0 Å². The van der Waals surface area contributed by atoms with Gasteiger partial charge < -0.3 is 9.26 Å². The minimum atomic E-state index is -3.64. The monoisotopic (exact) mass is 417 g/mol. The Morgan fingerprint density at radius 3 is 2.55 bits per heavy atom. The fourth-order valence-electron chi connectivity index (χ4n) is 3.38. The van der Waals surface area contributed by atoms with Gasteiger partial charge in [0.25, 0.3) is 0 Å². The number of hydrogen-bond acceptors (Lipinski definition) is 6. The predicted molar refractivity (Wildman–Crippen MR) is 103 cm³/mol. The second-order valence-corrected chi connectivity index (χ2v) is 8.76. The summed E-state index contributed by atoms with van der Waals surface area (Å²) < 4.78 is 50.6. The first-order chi connectivity index (χ1) is 14.0. The van der Waals surface area contributed by atoms with Crippen LogP contribution < -0.4 is 4.74 Å². The van der Waals surface area contributed by atoms with Crippen molar-refractivity contribution in [2.24, 2.45) is 0 Å². The van der Waals surface area contributed by atoms with E-state index in [9.17, 15) is 12.8 Å². The van der Waals surface area contributed by atoms with E-state index in [1.165, 1.54) is 16.4 Å². The quantitative estimate of drug-likeness (QED) is 0.632. The summed E-state index contributed by atoms with van der Waals surface area (Å²) >= 11 is 0. The molecule has 0 radical (unpaired) electrons. The summed E-state index contributed by atoms with van der Waals surface area (Å²) in [6, 6.07) is 12.3. The van der Waals surface area contributed by atoms with Crippen molar-refractivity contribution < 1.29 is 22.1 Å². The number of nitrogens with zero attached hydrogens (tertiary/aromatic N) is 3. The molecule has 1 fully saturated rings. The van der Waals surface area contributed by atoms with Gasteiger partial charge in [0.05, 0.1) is 12.0 Å². The van der Waals surface area contributed by atoms with Crippen LogP contribution in [0.25, 0.3) is 11.4 Å². The molecule has 29 heavy (non-hydrogen) atoms. The summed E-state index contributed by atoms with van der Waals surface area (Å²) in [4.78, 5) is 4.58. The zero-order chi connectivity index (χ0) is 20.4. The van der Waals surface area contributed by atoms with Gasteiger partial charge >= 0.3 is 0 Å². The first-order valence-electron chi connectivity index (χ1n) is 9.21. The molecule has 0 spiro atoms. The molecule has 4 rings (SSSR count). The Kier molecular flexibility index (Phi) is 5.33. The van der Waals surface area contributed by atoms with Gasteiger partial charge in [-0.1, -0.05) is 17.3 Å². The molecule has 1 saturated heterocycles. The zero-order valence-electron chi connectivity index (χ0n) is 15.8. The lowest BCUT2D eigenvalue weighted by atomic mass is 9.98. The van der Waals surface area contributed by atoms with Gasteiger partial charge in [-0.3, -0.25) is 0 Å². The van der Waals surface area contributed by atoms with Crippen LogP contribution in [0.5, 0.6) is 5.75 Å². The number of rotatable bonds is 5. The summed E-state index contributed by atoms with van der Waals surface area (Å²) in [6.07, 6.45) is 1.14. The summed E-state index contributed by atoms with van der Waals surface area (Å²) in [5.41, 5.74) is 0.788. The van der Waals surface area contributed by atoms with Gasteiger partial charge in [-0.05, 0) is 49.2 Å². The third kappa shape index (κ3) is 4.01. The molecule has 7 nitrogen and oxygen atoms in total. The van der Waals surface area contributed by atoms with Gasteiger partial charge in [-0.2, -0.15) is 9.29 Å². The van der Waals surface area contributed by atoms with Crippen LogP contribution in [0.3, 0.4) is 0 Å². The predicted octanol–water partition coefficient (Wildman–Crippen LogP) is 3.45. The Bertz CT molecular complexity index is 1090. The number of hydrogen-bond donors (Lipinski definition) is 0. The second kappa shape index (κ2) is 7.92. The Morgan fingerprint density at radius 2 is 1.86 bits per heavy atom. The van der Waals surface area contributed by atoms with E-state index in [1.807, 2.05) is 24.3 Å². The van der Waals surface area contributed by atoms with Crippen LogP contribution in [-0.4, -0.2) is 43.1 Å². The van der Waals surface area contributed by atoms with Crippen molar-refractivity contribution in [3.8, 4) is 17.1 Å². The van der Waals surface area contributed by atoms with Crippen LogP contribution in [0.15, 0.2) is 57.9 Å². The summed E-state index contributed by atoms with van der Waals surface area (Å²) in [5, 5.41) is 4.05. The standard InChI is InChI=1S/C20H20FN3O4S/c1-27-17-4-2-3-15(13-17)19-22-20(28-23-19)14-9-11-24(12-10-14)29(25,26)18-7-5-16(21)6-8-18/h2-8,13-14H,9-12H2,1H3. The van der Waals surface area contributed by atoms with Gasteiger partial charge in [0.2, 0.25) is 21.7 Å². The minimum Gasteiger partial charge on any atom is -0.497 e. The lowest BCUT2D eigenvalue weighted by molar-refractivity contribution is 0.271. The number of sulfonamides is 1. The van der Waals surface area contributed by atoms with Crippen LogP contribution in [-0.2, 0) is 10.0 Å². The number of methoxy groups -OCH3 is 1. The fourth-order valence-corrected chi connectivity index (χ4v) is 4.85. The molecule has 2 aromatic carbocycles. The molecule has 0 amide bonds. The normalized spacial score (nSPS) is 16.1. The lowest BCUT2D eigenvalue weighted by Gasteiger charge is -2.29. The topological polar surface area (TPSA) is 85.5 Å². The number of halogens is 1. The maximum Gasteiger partial charge on any atom is 0.243 e. The van der Waals surface area contributed by atoms with E-state index in [1.54, 1.807) is 7.11 Å². The van der Waals surface area contributed by atoms with E-state index in [2.05, 4.69) is 10.1 Å². The molecule has 0 aliphatic carbocycles. The molecular formula is C20H20FN3O4S. The maximum atomic E-state index is 13.1. The molecule has 1 aliphatic rings. The molecule has 0 unspecified atom stereocenters. The number of aromatic nitrogens is 2. The first kappa shape index (κ1) is 19.5. The Labute approximate surface area is 168 Å². The number of ether oxygens (including phenoxy) is 1. The molecule has 0 N–H and O–H groups in total. The molecule has 3 aromatic rings. The highest BCUT2D eigenvalue weighted by atomic mass is 32.2. The molecule has 9 heteroatoms. The van der Waals surface area contributed by atoms with Crippen LogP contribution in [0.2, 0.25) is 0 Å². The van der Waals surface area contributed by atoms with Crippen molar-refractivity contribution in [3.63, 3.8) is 0 Å². The SMILES string of the molecule is COc1cccc(-c2noc(C3CCN(S(=O)(=O)c4ccc(F)cc4)CC3)n2)c1. The second-order valence-electron chi connectivity index (χ2n) is 6.82. The average Bonchev–Trinajstić information content (AvgIpc) is 3.24. The highest BCUT2D eigenvalue weighted by Gasteiger charge is 2.32. The van der Waals surface area contributed by atoms with Gasteiger partial charge in [0.1, 0.15) is 11.6 Å². The molecule has 0 saturated carbocycles. The maximum absolute atomic E-state index is 13.1. The number of benzene rings is 2. The van der Waals surface area contributed by atoms with Crippen molar-refractivity contribution >= 4 is 10.0 Å². The van der Waals surface area contributed by atoms with Gasteiger partial charge in [0.15, 0.2) is 0 Å². The molecule has 2 heterocycles.